The summed E-state index contributed by atoms with van der Waals surface area (Å²) in [7, 11) is 1.87. The fraction of sp³-hybridized carbons (Fsp3) is 0.462. The molecule has 17 heavy (non-hydrogen) atoms. The Kier molecular flexibility index (Phi) is 3.84. The molecule has 4 heteroatoms. The Bertz CT molecular complexity index is 433. The molecule has 1 atom stereocenters. The minimum absolute atomic E-state index is 0.175. The third-order valence-corrected chi connectivity index (χ3v) is 3.73. The molecule has 0 saturated carbocycles. The largest absolute Gasteiger partial charge is 0.343 e. The Morgan fingerprint density at radius 1 is 1.53 bits per heavy atom. The first-order valence-electron chi connectivity index (χ1n) is 5.78. The molecular weight excluding hydrogens is 280 g/mol. The van der Waals surface area contributed by atoms with Crippen molar-refractivity contribution in [2.24, 2.45) is 0 Å². The second-order valence-electron chi connectivity index (χ2n) is 4.63. The maximum absolute atomic E-state index is 11.4. The van der Waals surface area contributed by atoms with Gasteiger partial charge in [-0.25, -0.2) is 0 Å². The van der Waals surface area contributed by atoms with Gasteiger partial charge in [0.1, 0.15) is 0 Å². The van der Waals surface area contributed by atoms with E-state index in [1.807, 2.05) is 7.05 Å². The second-order valence-corrected chi connectivity index (χ2v) is 5.54. The highest BCUT2D eigenvalue weighted by molar-refractivity contribution is 9.10. The van der Waals surface area contributed by atoms with Crippen molar-refractivity contribution in [2.45, 2.75) is 19.4 Å². The van der Waals surface area contributed by atoms with Gasteiger partial charge >= 0.3 is 0 Å². The maximum Gasteiger partial charge on any atom is 0.236 e. The van der Waals surface area contributed by atoms with Gasteiger partial charge in [-0.3, -0.25) is 4.79 Å². The van der Waals surface area contributed by atoms with Gasteiger partial charge in [-0.15, -0.1) is 0 Å². The molecule has 1 aliphatic rings. The zero-order valence-corrected chi connectivity index (χ0v) is 11.8. The van der Waals surface area contributed by atoms with E-state index in [2.05, 4.69) is 46.4 Å². The van der Waals surface area contributed by atoms with Crippen molar-refractivity contribution in [3.05, 3.63) is 33.8 Å². The SMILES string of the molecule is Cc1cc(Br)ccc1CC1CN(C)C(=O)CN1. The van der Waals surface area contributed by atoms with Crippen molar-refractivity contribution in [3.63, 3.8) is 0 Å². The number of benzene rings is 1. The first-order valence-corrected chi connectivity index (χ1v) is 6.58. The smallest absolute Gasteiger partial charge is 0.236 e. The van der Waals surface area contributed by atoms with Gasteiger partial charge in [-0.1, -0.05) is 22.0 Å². The molecule has 1 aromatic rings. The number of carbonyl (C=O) groups is 1. The molecular formula is C13H17BrN2O. The summed E-state index contributed by atoms with van der Waals surface area (Å²) in [5, 5.41) is 3.29. The van der Waals surface area contributed by atoms with E-state index in [-0.39, 0.29) is 5.91 Å². The van der Waals surface area contributed by atoms with E-state index in [0.29, 0.717) is 12.6 Å². The quantitative estimate of drug-likeness (QED) is 0.901. The topological polar surface area (TPSA) is 32.3 Å². The van der Waals surface area contributed by atoms with Crippen LogP contribution >= 0.6 is 15.9 Å². The Morgan fingerprint density at radius 3 is 2.94 bits per heavy atom. The Balaban J connectivity index is 2.03. The molecule has 0 spiro atoms. The van der Waals surface area contributed by atoms with Crippen LogP contribution in [0.2, 0.25) is 0 Å². The number of nitrogens with one attached hydrogen (secondary N) is 1. The molecule has 1 aliphatic heterocycles. The minimum Gasteiger partial charge on any atom is -0.343 e. The maximum atomic E-state index is 11.4. The summed E-state index contributed by atoms with van der Waals surface area (Å²) in [6.45, 7) is 3.36. The summed E-state index contributed by atoms with van der Waals surface area (Å²) in [5.41, 5.74) is 2.63. The highest BCUT2D eigenvalue weighted by atomic mass is 79.9. The van der Waals surface area contributed by atoms with E-state index < -0.39 is 0 Å². The van der Waals surface area contributed by atoms with Gasteiger partial charge in [0, 0.05) is 24.1 Å². The summed E-state index contributed by atoms with van der Waals surface area (Å²) < 4.78 is 1.11. The van der Waals surface area contributed by atoms with Crippen LogP contribution < -0.4 is 5.32 Å². The zero-order chi connectivity index (χ0) is 12.4. The van der Waals surface area contributed by atoms with Crippen molar-refractivity contribution in [1.82, 2.24) is 10.2 Å². The van der Waals surface area contributed by atoms with Crippen LogP contribution in [0.3, 0.4) is 0 Å². The van der Waals surface area contributed by atoms with Crippen molar-refractivity contribution in [3.8, 4) is 0 Å². The number of rotatable bonds is 2. The Hall–Kier alpha value is -0.870. The van der Waals surface area contributed by atoms with Crippen LogP contribution in [0.25, 0.3) is 0 Å². The van der Waals surface area contributed by atoms with Crippen LogP contribution in [-0.2, 0) is 11.2 Å². The van der Waals surface area contributed by atoms with Crippen LogP contribution in [0, 0.1) is 6.92 Å². The first kappa shape index (κ1) is 12.6. The molecule has 0 aromatic heterocycles. The Morgan fingerprint density at radius 2 is 2.29 bits per heavy atom. The van der Waals surface area contributed by atoms with Gasteiger partial charge in [-0.05, 0) is 36.6 Å². The summed E-state index contributed by atoms with van der Waals surface area (Å²) in [4.78, 5) is 13.2. The molecule has 2 rings (SSSR count). The molecule has 1 amide bonds. The van der Waals surface area contributed by atoms with Gasteiger partial charge < -0.3 is 10.2 Å². The molecule has 0 bridgehead atoms. The van der Waals surface area contributed by atoms with Crippen LogP contribution in [0.1, 0.15) is 11.1 Å². The number of nitrogens with zero attached hydrogens (tertiary/aromatic N) is 1. The summed E-state index contributed by atoms with van der Waals surface area (Å²) in [6.07, 6.45) is 0.969. The highest BCUT2D eigenvalue weighted by Gasteiger charge is 2.22. The first-order chi connectivity index (χ1) is 8.06. The average Bonchev–Trinajstić information content (AvgIpc) is 2.27. The van der Waals surface area contributed by atoms with Crippen molar-refractivity contribution < 1.29 is 4.79 Å². The lowest BCUT2D eigenvalue weighted by molar-refractivity contribution is -0.131. The van der Waals surface area contributed by atoms with E-state index in [1.54, 1.807) is 4.90 Å². The minimum atomic E-state index is 0.175. The van der Waals surface area contributed by atoms with E-state index in [9.17, 15) is 4.79 Å². The van der Waals surface area contributed by atoms with E-state index in [4.69, 9.17) is 0 Å². The lowest BCUT2D eigenvalue weighted by atomic mass is 10.00. The second kappa shape index (κ2) is 5.19. The predicted molar refractivity (Wildman–Crippen MR) is 72.0 cm³/mol. The highest BCUT2D eigenvalue weighted by Crippen LogP contribution is 2.17. The number of aryl methyl sites for hydroxylation is 1. The van der Waals surface area contributed by atoms with Crippen molar-refractivity contribution in [1.29, 1.82) is 0 Å². The zero-order valence-electron chi connectivity index (χ0n) is 10.2. The number of halogens is 1. The average molecular weight is 297 g/mol. The van der Waals surface area contributed by atoms with Gasteiger partial charge in [0.05, 0.1) is 6.54 Å². The fourth-order valence-corrected chi connectivity index (χ4v) is 2.63. The number of hydrogen-bond donors (Lipinski definition) is 1. The lowest BCUT2D eigenvalue weighted by Crippen LogP contribution is -2.53. The van der Waals surface area contributed by atoms with E-state index >= 15 is 0 Å². The van der Waals surface area contributed by atoms with Crippen LogP contribution in [0.5, 0.6) is 0 Å². The number of hydrogen-bond acceptors (Lipinski definition) is 2. The van der Waals surface area contributed by atoms with Crippen LogP contribution in [0.4, 0.5) is 0 Å². The van der Waals surface area contributed by atoms with Gasteiger partial charge in [-0.2, -0.15) is 0 Å². The normalized spacial score (nSPS) is 20.8. The molecule has 3 nitrogen and oxygen atoms in total. The summed E-state index contributed by atoms with van der Waals surface area (Å²) in [6, 6.07) is 6.71. The fourth-order valence-electron chi connectivity index (χ4n) is 2.15. The van der Waals surface area contributed by atoms with E-state index in [0.717, 1.165) is 17.4 Å². The molecule has 1 unspecified atom stereocenters. The summed E-state index contributed by atoms with van der Waals surface area (Å²) >= 11 is 3.47. The number of likely N-dealkylation sites (N-methyl/N-ethyl adjacent to an activating group) is 1. The van der Waals surface area contributed by atoms with E-state index in [1.165, 1.54) is 11.1 Å². The number of amides is 1. The molecule has 1 saturated heterocycles. The molecule has 1 aromatic carbocycles. The van der Waals surface area contributed by atoms with Crippen molar-refractivity contribution in [2.75, 3.05) is 20.1 Å². The lowest BCUT2D eigenvalue weighted by Gasteiger charge is -2.31. The molecule has 1 heterocycles. The molecule has 92 valence electrons. The van der Waals surface area contributed by atoms with Crippen LogP contribution in [-0.4, -0.2) is 37.0 Å². The molecule has 1 N–H and O–H groups in total. The third kappa shape index (κ3) is 3.07. The standard InChI is InChI=1S/C13H17BrN2O/c1-9-5-11(14)4-3-10(9)6-12-8-16(2)13(17)7-15-12/h3-5,12,15H,6-8H2,1-2H3. The molecule has 1 fully saturated rings. The van der Waals surface area contributed by atoms with Crippen molar-refractivity contribution >= 4 is 21.8 Å². The molecule has 0 radical (unpaired) electrons. The summed E-state index contributed by atoms with van der Waals surface area (Å²) in [5.74, 6) is 0.175. The van der Waals surface area contributed by atoms with Gasteiger partial charge in [0.2, 0.25) is 5.91 Å². The number of carbonyl (C=O) groups excluding carboxylic acids is 1. The monoisotopic (exact) mass is 296 g/mol. The van der Waals surface area contributed by atoms with Gasteiger partial charge in [0.15, 0.2) is 0 Å². The Labute approximate surface area is 110 Å². The molecule has 0 aliphatic carbocycles. The van der Waals surface area contributed by atoms with Gasteiger partial charge in [0.25, 0.3) is 0 Å². The van der Waals surface area contributed by atoms with Crippen LogP contribution in [0.15, 0.2) is 22.7 Å². The number of piperazine rings is 1. The third-order valence-electron chi connectivity index (χ3n) is 3.23. The predicted octanol–water partition coefficient (Wildman–Crippen LogP) is 1.73.